The Morgan fingerprint density at radius 2 is 1.58 bits per heavy atom. The lowest BCUT2D eigenvalue weighted by molar-refractivity contribution is 0.356. The number of nitrogens with one attached hydrogen (secondary N) is 1. The molecule has 0 unspecified atom stereocenters. The van der Waals surface area contributed by atoms with Crippen LogP contribution in [-0.4, -0.2) is 29.2 Å². The van der Waals surface area contributed by atoms with Crippen LogP contribution in [0.2, 0.25) is 0 Å². The van der Waals surface area contributed by atoms with Crippen LogP contribution in [0.4, 0.5) is 0 Å². The first-order chi connectivity index (χ1) is 12.6. The minimum atomic E-state index is -0.216. The van der Waals surface area contributed by atoms with Crippen molar-refractivity contribution >= 4 is 21.7 Å². The van der Waals surface area contributed by atoms with Gasteiger partial charge in [0.25, 0.3) is 5.56 Å². The SMILES string of the molecule is COc1cc2c(-c3ccncc3)nc3c(=O)[nH]c(C)cc3c2cc1OC. The summed E-state index contributed by atoms with van der Waals surface area (Å²) >= 11 is 0. The number of rotatable bonds is 3. The fraction of sp³-hybridized carbons (Fsp3) is 0.150. The molecule has 6 heteroatoms. The third-order valence-electron chi connectivity index (χ3n) is 4.39. The number of pyridine rings is 3. The second-order valence-corrected chi connectivity index (χ2v) is 5.99. The predicted octanol–water partition coefficient (Wildman–Crippen LogP) is 3.46. The Balaban J connectivity index is 2.24. The van der Waals surface area contributed by atoms with Crippen molar-refractivity contribution in [3.63, 3.8) is 0 Å². The molecule has 0 aliphatic carbocycles. The number of ether oxygens (including phenoxy) is 2. The van der Waals surface area contributed by atoms with Gasteiger partial charge >= 0.3 is 0 Å². The van der Waals surface area contributed by atoms with Crippen LogP contribution < -0.4 is 15.0 Å². The van der Waals surface area contributed by atoms with Crippen LogP contribution in [0.3, 0.4) is 0 Å². The number of benzene rings is 1. The number of fused-ring (bicyclic) bond motifs is 3. The number of aryl methyl sites for hydroxylation is 1. The van der Waals surface area contributed by atoms with Crippen molar-refractivity contribution in [2.75, 3.05) is 14.2 Å². The Morgan fingerprint density at radius 3 is 2.23 bits per heavy atom. The van der Waals surface area contributed by atoms with Crippen molar-refractivity contribution in [2.24, 2.45) is 0 Å². The Bertz CT molecular complexity index is 1180. The largest absolute Gasteiger partial charge is 0.493 e. The summed E-state index contributed by atoms with van der Waals surface area (Å²) in [4.78, 5) is 24.1. The van der Waals surface area contributed by atoms with Crippen molar-refractivity contribution in [3.05, 3.63) is 58.8 Å². The maximum Gasteiger partial charge on any atom is 0.274 e. The molecule has 1 aromatic carbocycles. The van der Waals surface area contributed by atoms with E-state index in [1.807, 2.05) is 37.3 Å². The minimum absolute atomic E-state index is 0.216. The highest BCUT2D eigenvalue weighted by Gasteiger charge is 2.16. The standard InChI is InChI=1S/C20H17N3O3/c1-11-8-14-13-9-16(25-2)17(26-3)10-15(13)18(12-4-6-21-7-5-12)23-19(14)20(24)22-11/h4-10H,1-3H3,(H,22,24). The van der Waals surface area contributed by atoms with E-state index in [-0.39, 0.29) is 5.56 Å². The lowest BCUT2D eigenvalue weighted by atomic mass is 10.00. The van der Waals surface area contributed by atoms with Gasteiger partial charge in [0.1, 0.15) is 5.52 Å². The second kappa shape index (κ2) is 6.15. The molecule has 0 atom stereocenters. The second-order valence-electron chi connectivity index (χ2n) is 5.99. The molecule has 1 N–H and O–H groups in total. The van der Waals surface area contributed by atoms with Crippen molar-refractivity contribution in [3.8, 4) is 22.8 Å². The number of methoxy groups -OCH3 is 2. The molecule has 0 fully saturated rings. The van der Waals surface area contributed by atoms with E-state index in [2.05, 4.69) is 15.0 Å². The highest BCUT2D eigenvalue weighted by atomic mass is 16.5. The maximum atomic E-state index is 12.5. The summed E-state index contributed by atoms with van der Waals surface area (Å²) in [5.41, 5.74) is 2.52. The Hall–Kier alpha value is -3.41. The fourth-order valence-electron chi connectivity index (χ4n) is 3.20. The van der Waals surface area contributed by atoms with E-state index in [4.69, 9.17) is 9.47 Å². The lowest BCUT2D eigenvalue weighted by Crippen LogP contribution is -2.10. The van der Waals surface area contributed by atoms with E-state index in [0.717, 1.165) is 27.4 Å². The maximum absolute atomic E-state index is 12.5. The molecule has 0 bridgehead atoms. The summed E-state index contributed by atoms with van der Waals surface area (Å²) in [5, 5.41) is 2.54. The third-order valence-corrected chi connectivity index (χ3v) is 4.39. The summed E-state index contributed by atoms with van der Waals surface area (Å²) in [6.45, 7) is 1.85. The predicted molar refractivity (Wildman–Crippen MR) is 101 cm³/mol. The van der Waals surface area contributed by atoms with Crippen molar-refractivity contribution in [2.45, 2.75) is 6.92 Å². The van der Waals surface area contributed by atoms with Crippen LogP contribution in [0.1, 0.15) is 5.69 Å². The van der Waals surface area contributed by atoms with Gasteiger partial charge in [-0.15, -0.1) is 0 Å². The molecule has 6 nitrogen and oxygen atoms in total. The van der Waals surface area contributed by atoms with Gasteiger partial charge < -0.3 is 14.5 Å². The average Bonchev–Trinajstić information content (AvgIpc) is 2.67. The van der Waals surface area contributed by atoms with Crippen LogP contribution in [-0.2, 0) is 0 Å². The Labute approximate surface area is 149 Å². The number of aromatic amines is 1. The summed E-state index contributed by atoms with van der Waals surface area (Å²) in [6, 6.07) is 9.45. The highest BCUT2D eigenvalue weighted by molar-refractivity contribution is 6.11. The van der Waals surface area contributed by atoms with Gasteiger partial charge in [-0.2, -0.15) is 0 Å². The molecular weight excluding hydrogens is 330 g/mol. The molecule has 26 heavy (non-hydrogen) atoms. The molecule has 3 aromatic heterocycles. The van der Waals surface area contributed by atoms with E-state index in [9.17, 15) is 4.79 Å². The van der Waals surface area contributed by atoms with Gasteiger partial charge in [0.15, 0.2) is 11.5 Å². The molecule has 0 amide bonds. The minimum Gasteiger partial charge on any atom is -0.493 e. The number of aromatic nitrogens is 3. The van der Waals surface area contributed by atoms with E-state index in [1.54, 1.807) is 26.6 Å². The molecule has 0 saturated carbocycles. The van der Waals surface area contributed by atoms with Gasteiger partial charge in [0.05, 0.1) is 19.9 Å². The first kappa shape index (κ1) is 16.1. The van der Waals surface area contributed by atoms with Crippen LogP contribution in [0.15, 0.2) is 47.5 Å². The number of nitrogens with zero attached hydrogens (tertiary/aromatic N) is 2. The molecule has 3 heterocycles. The number of H-pyrrole nitrogens is 1. The number of hydrogen-bond donors (Lipinski definition) is 1. The molecule has 4 aromatic rings. The van der Waals surface area contributed by atoms with Gasteiger partial charge in [-0.05, 0) is 42.6 Å². The van der Waals surface area contributed by atoms with Crippen molar-refractivity contribution < 1.29 is 9.47 Å². The summed E-state index contributed by atoms with van der Waals surface area (Å²) in [6.07, 6.45) is 3.40. The van der Waals surface area contributed by atoms with Gasteiger partial charge in [-0.25, -0.2) is 4.98 Å². The van der Waals surface area contributed by atoms with Crippen LogP contribution >= 0.6 is 0 Å². The summed E-state index contributed by atoms with van der Waals surface area (Å²) in [7, 11) is 3.19. The lowest BCUT2D eigenvalue weighted by Gasteiger charge is -2.14. The zero-order valence-electron chi connectivity index (χ0n) is 14.7. The average molecular weight is 347 g/mol. The quantitative estimate of drug-likeness (QED) is 0.574. The fourth-order valence-corrected chi connectivity index (χ4v) is 3.20. The monoisotopic (exact) mass is 347 g/mol. The Kier molecular flexibility index (Phi) is 3.80. The van der Waals surface area contributed by atoms with Crippen molar-refractivity contribution in [1.82, 2.24) is 15.0 Å². The van der Waals surface area contributed by atoms with Crippen LogP contribution in [0.25, 0.3) is 32.9 Å². The van der Waals surface area contributed by atoms with Crippen molar-refractivity contribution in [1.29, 1.82) is 0 Å². The summed E-state index contributed by atoms with van der Waals surface area (Å²) < 4.78 is 10.9. The molecule has 0 radical (unpaired) electrons. The smallest absolute Gasteiger partial charge is 0.274 e. The molecule has 0 spiro atoms. The van der Waals surface area contributed by atoms with Gasteiger partial charge in [0.2, 0.25) is 0 Å². The molecule has 0 aliphatic rings. The Morgan fingerprint density at radius 1 is 0.923 bits per heavy atom. The zero-order valence-corrected chi connectivity index (χ0v) is 14.7. The first-order valence-corrected chi connectivity index (χ1v) is 8.12. The van der Waals surface area contributed by atoms with E-state index < -0.39 is 0 Å². The number of hydrogen-bond acceptors (Lipinski definition) is 5. The third kappa shape index (κ3) is 2.47. The van der Waals surface area contributed by atoms with E-state index in [0.29, 0.717) is 22.7 Å². The summed E-state index contributed by atoms with van der Waals surface area (Å²) in [5.74, 6) is 1.21. The molecule has 0 saturated heterocycles. The normalized spacial score (nSPS) is 11.0. The van der Waals surface area contributed by atoms with Crippen LogP contribution in [0.5, 0.6) is 11.5 Å². The van der Waals surface area contributed by atoms with Gasteiger partial charge in [-0.1, -0.05) is 0 Å². The van der Waals surface area contributed by atoms with Gasteiger partial charge in [-0.3, -0.25) is 9.78 Å². The van der Waals surface area contributed by atoms with Crippen LogP contribution in [0, 0.1) is 6.92 Å². The molecule has 4 rings (SSSR count). The van der Waals surface area contributed by atoms with E-state index in [1.165, 1.54) is 0 Å². The topological polar surface area (TPSA) is 77.1 Å². The molecular formula is C20H17N3O3. The molecule has 0 aliphatic heterocycles. The first-order valence-electron chi connectivity index (χ1n) is 8.12. The van der Waals surface area contributed by atoms with E-state index >= 15 is 0 Å². The zero-order chi connectivity index (χ0) is 18.3. The highest BCUT2D eigenvalue weighted by Crippen LogP contribution is 2.38. The van der Waals surface area contributed by atoms with Gasteiger partial charge in [0, 0.05) is 34.4 Å². The molecule has 130 valence electrons.